The standard InChI is InChI=1S/C14H30N2O/c1-11(2)12-6-7-14(17)13(10-12)16(5)9-8-15(3)4/h11-14,17H,6-10H2,1-5H3. The molecule has 0 spiro atoms. The molecule has 1 fully saturated rings. The van der Waals surface area contributed by atoms with Crippen molar-refractivity contribution in [1.29, 1.82) is 0 Å². The van der Waals surface area contributed by atoms with Gasteiger partial charge in [-0.25, -0.2) is 0 Å². The Hall–Kier alpha value is -0.120. The van der Waals surface area contributed by atoms with Crippen molar-refractivity contribution in [3.05, 3.63) is 0 Å². The molecule has 0 aromatic rings. The summed E-state index contributed by atoms with van der Waals surface area (Å²) in [6, 6.07) is 0.357. The lowest BCUT2D eigenvalue weighted by Crippen LogP contribution is -2.48. The van der Waals surface area contributed by atoms with Gasteiger partial charge in [0, 0.05) is 19.1 Å². The molecule has 102 valence electrons. The minimum atomic E-state index is -0.128. The first kappa shape index (κ1) is 14.9. The van der Waals surface area contributed by atoms with Crippen LogP contribution in [0.2, 0.25) is 0 Å². The van der Waals surface area contributed by atoms with E-state index in [4.69, 9.17) is 0 Å². The highest BCUT2D eigenvalue weighted by Gasteiger charge is 2.32. The van der Waals surface area contributed by atoms with Crippen molar-refractivity contribution >= 4 is 0 Å². The molecule has 0 aromatic heterocycles. The van der Waals surface area contributed by atoms with Gasteiger partial charge in [0.05, 0.1) is 6.10 Å². The number of nitrogens with zero attached hydrogens (tertiary/aromatic N) is 2. The number of rotatable bonds is 5. The van der Waals surface area contributed by atoms with Crippen molar-refractivity contribution in [2.24, 2.45) is 11.8 Å². The average molecular weight is 242 g/mol. The van der Waals surface area contributed by atoms with Gasteiger partial charge in [-0.1, -0.05) is 13.8 Å². The summed E-state index contributed by atoms with van der Waals surface area (Å²) in [6.07, 6.45) is 3.19. The summed E-state index contributed by atoms with van der Waals surface area (Å²) in [5.74, 6) is 1.53. The molecule has 17 heavy (non-hydrogen) atoms. The van der Waals surface area contributed by atoms with E-state index in [0.29, 0.717) is 6.04 Å². The number of hydrogen-bond acceptors (Lipinski definition) is 3. The van der Waals surface area contributed by atoms with E-state index in [9.17, 15) is 5.11 Å². The molecule has 3 atom stereocenters. The molecule has 1 aliphatic carbocycles. The van der Waals surface area contributed by atoms with Gasteiger partial charge in [-0.3, -0.25) is 4.90 Å². The van der Waals surface area contributed by atoms with Gasteiger partial charge in [0.1, 0.15) is 0 Å². The molecular formula is C14H30N2O. The Labute approximate surface area is 107 Å². The van der Waals surface area contributed by atoms with Gasteiger partial charge < -0.3 is 10.0 Å². The first-order chi connectivity index (χ1) is 7.91. The van der Waals surface area contributed by atoms with E-state index in [1.165, 1.54) is 6.42 Å². The molecule has 0 aromatic carbocycles. The van der Waals surface area contributed by atoms with Crippen LogP contribution in [-0.2, 0) is 0 Å². The van der Waals surface area contributed by atoms with Crippen molar-refractivity contribution in [1.82, 2.24) is 9.80 Å². The van der Waals surface area contributed by atoms with Crippen molar-refractivity contribution in [3.8, 4) is 0 Å². The predicted molar refractivity (Wildman–Crippen MR) is 73.2 cm³/mol. The third-order valence-corrected chi connectivity index (χ3v) is 4.23. The second kappa shape index (κ2) is 6.72. The fourth-order valence-corrected chi connectivity index (χ4v) is 2.77. The second-order valence-electron chi connectivity index (χ2n) is 6.24. The third-order valence-electron chi connectivity index (χ3n) is 4.23. The van der Waals surface area contributed by atoms with Crippen LogP contribution in [0.3, 0.4) is 0 Å². The Kier molecular flexibility index (Phi) is 5.90. The van der Waals surface area contributed by atoms with Gasteiger partial charge in [0.2, 0.25) is 0 Å². The quantitative estimate of drug-likeness (QED) is 0.794. The summed E-state index contributed by atoms with van der Waals surface area (Å²) in [6.45, 7) is 6.71. The molecule has 1 saturated carbocycles. The van der Waals surface area contributed by atoms with Crippen LogP contribution < -0.4 is 0 Å². The molecule has 3 unspecified atom stereocenters. The molecule has 0 radical (unpaired) electrons. The zero-order chi connectivity index (χ0) is 13.0. The summed E-state index contributed by atoms with van der Waals surface area (Å²) >= 11 is 0. The van der Waals surface area contributed by atoms with Crippen LogP contribution in [0.25, 0.3) is 0 Å². The zero-order valence-electron chi connectivity index (χ0n) is 12.2. The Morgan fingerprint density at radius 1 is 1.12 bits per heavy atom. The van der Waals surface area contributed by atoms with Gasteiger partial charge >= 0.3 is 0 Å². The van der Waals surface area contributed by atoms with Crippen molar-refractivity contribution < 1.29 is 5.11 Å². The van der Waals surface area contributed by atoms with E-state index in [1.54, 1.807) is 0 Å². The molecule has 3 heteroatoms. The van der Waals surface area contributed by atoms with Gasteiger partial charge in [-0.15, -0.1) is 0 Å². The maximum atomic E-state index is 10.1. The molecule has 1 aliphatic rings. The topological polar surface area (TPSA) is 26.7 Å². The van der Waals surface area contributed by atoms with E-state index in [1.807, 2.05) is 0 Å². The van der Waals surface area contributed by atoms with E-state index >= 15 is 0 Å². The Bertz CT molecular complexity index is 218. The average Bonchev–Trinajstić information content (AvgIpc) is 2.26. The Morgan fingerprint density at radius 3 is 2.29 bits per heavy atom. The molecule has 0 amide bonds. The smallest absolute Gasteiger partial charge is 0.0695 e. The molecular weight excluding hydrogens is 212 g/mol. The summed E-state index contributed by atoms with van der Waals surface area (Å²) in [4.78, 5) is 4.55. The van der Waals surface area contributed by atoms with E-state index in [-0.39, 0.29) is 6.10 Å². The molecule has 1 N–H and O–H groups in total. The highest BCUT2D eigenvalue weighted by atomic mass is 16.3. The van der Waals surface area contributed by atoms with Gasteiger partial charge in [0.25, 0.3) is 0 Å². The van der Waals surface area contributed by atoms with Gasteiger partial charge in [0.15, 0.2) is 0 Å². The molecule has 0 aliphatic heterocycles. The summed E-state index contributed by atoms with van der Waals surface area (Å²) < 4.78 is 0. The summed E-state index contributed by atoms with van der Waals surface area (Å²) in [5.41, 5.74) is 0. The molecule has 3 nitrogen and oxygen atoms in total. The summed E-state index contributed by atoms with van der Waals surface area (Å²) in [5, 5.41) is 10.1. The molecule has 1 rings (SSSR count). The largest absolute Gasteiger partial charge is 0.391 e. The Morgan fingerprint density at radius 2 is 1.76 bits per heavy atom. The maximum absolute atomic E-state index is 10.1. The van der Waals surface area contributed by atoms with Crippen molar-refractivity contribution in [3.63, 3.8) is 0 Å². The third kappa shape index (κ3) is 4.57. The predicted octanol–water partition coefficient (Wildman–Crippen LogP) is 1.67. The molecule has 0 heterocycles. The lowest BCUT2D eigenvalue weighted by molar-refractivity contribution is 0.00454. The fraction of sp³-hybridized carbons (Fsp3) is 1.00. The number of hydrogen-bond donors (Lipinski definition) is 1. The first-order valence-corrected chi connectivity index (χ1v) is 6.94. The van der Waals surface area contributed by atoms with Gasteiger partial charge in [-0.2, -0.15) is 0 Å². The van der Waals surface area contributed by atoms with Crippen LogP contribution in [0.4, 0.5) is 0 Å². The minimum absolute atomic E-state index is 0.128. The van der Waals surface area contributed by atoms with Crippen LogP contribution in [0.1, 0.15) is 33.1 Å². The maximum Gasteiger partial charge on any atom is 0.0695 e. The number of aliphatic hydroxyl groups is 1. The second-order valence-corrected chi connectivity index (χ2v) is 6.24. The highest BCUT2D eigenvalue weighted by molar-refractivity contribution is 4.86. The van der Waals surface area contributed by atoms with Crippen LogP contribution in [0, 0.1) is 11.8 Å². The SMILES string of the molecule is CC(C)C1CCC(O)C(N(C)CCN(C)C)C1. The minimum Gasteiger partial charge on any atom is -0.391 e. The van der Waals surface area contributed by atoms with Crippen LogP contribution in [0.5, 0.6) is 0 Å². The first-order valence-electron chi connectivity index (χ1n) is 6.94. The number of aliphatic hydroxyl groups excluding tert-OH is 1. The van der Waals surface area contributed by atoms with E-state index in [2.05, 4.69) is 44.8 Å². The van der Waals surface area contributed by atoms with Crippen LogP contribution >= 0.6 is 0 Å². The number of likely N-dealkylation sites (N-methyl/N-ethyl adjacent to an activating group) is 2. The monoisotopic (exact) mass is 242 g/mol. The fourth-order valence-electron chi connectivity index (χ4n) is 2.77. The Balaban J connectivity index is 2.48. The van der Waals surface area contributed by atoms with E-state index in [0.717, 1.165) is 37.8 Å². The summed E-state index contributed by atoms with van der Waals surface area (Å²) in [7, 11) is 6.35. The normalized spacial score (nSPS) is 30.5. The van der Waals surface area contributed by atoms with Crippen LogP contribution in [0.15, 0.2) is 0 Å². The lowest BCUT2D eigenvalue weighted by Gasteiger charge is -2.40. The van der Waals surface area contributed by atoms with Crippen LogP contribution in [-0.4, -0.2) is 61.3 Å². The molecule has 0 bridgehead atoms. The lowest BCUT2D eigenvalue weighted by atomic mass is 9.77. The highest BCUT2D eigenvalue weighted by Crippen LogP contribution is 2.32. The zero-order valence-corrected chi connectivity index (χ0v) is 12.2. The van der Waals surface area contributed by atoms with Crippen molar-refractivity contribution in [2.75, 3.05) is 34.2 Å². The molecule has 0 saturated heterocycles. The van der Waals surface area contributed by atoms with Crippen molar-refractivity contribution in [2.45, 2.75) is 45.3 Å². The van der Waals surface area contributed by atoms with Gasteiger partial charge in [-0.05, 0) is 52.2 Å². The van der Waals surface area contributed by atoms with E-state index < -0.39 is 0 Å².